The summed E-state index contributed by atoms with van der Waals surface area (Å²) in [5.74, 6) is 0.235. The Morgan fingerprint density at radius 2 is 1.55 bits per heavy atom. The van der Waals surface area contributed by atoms with Crippen molar-refractivity contribution in [2.45, 2.75) is 105 Å². The van der Waals surface area contributed by atoms with Crippen LogP contribution in [0.3, 0.4) is 0 Å². The van der Waals surface area contributed by atoms with Crippen molar-refractivity contribution in [3.8, 4) is 0 Å². The van der Waals surface area contributed by atoms with Gasteiger partial charge in [-0.15, -0.1) is 0 Å². The average Bonchev–Trinajstić information content (AvgIpc) is 2.65. The number of unbranched alkanes of at least 4 members (excludes halogenated alkanes) is 10. The Balaban J connectivity index is 2.30. The molecule has 1 aromatic rings. The van der Waals surface area contributed by atoms with Gasteiger partial charge in [0.2, 0.25) is 5.91 Å². The number of hydrogen-bond acceptors (Lipinski definition) is 4. The molecular formula is C23H39FN4O. The van der Waals surface area contributed by atoms with E-state index in [1.54, 1.807) is 13.1 Å². The highest BCUT2D eigenvalue weighted by atomic mass is 19.1. The van der Waals surface area contributed by atoms with Crippen LogP contribution in [-0.2, 0) is 4.79 Å². The summed E-state index contributed by atoms with van der Waals surface area (Å²) in [5, 5.41) is 2.71. The fourth-order valence-corrected chi connectivity index (χ4v) is 3.14. The standard InChI is InChI=1S/C23H39FN4O/c1-5-6-7-8-9-10-11-12-13-14-15-16-20(29)27-22-21(25-17-18(2)3)19(4)26-23(24)28-22/h17-18H,5-16H2,1-4H3,(H,26,27,28,29). The average molecular weight is 407 g/mol. The molecule has 1 N–H and O–H groups in total. The Bertz CT molecular complexity index is 632. The number of amides is 1. The summed E-state index contributed by atoms with van der Waals surface area (Å²) in [5.41, 5.74) is 0.840. The first kappa shape index (κ1) is 25.2. The molecule has 164 valence electrons. The molecule has 0 saturated heterocycles. The smallest absolute Gasteiger partial charge is 0.309 e. The lowest BCUT2D eigenvalue weighted by Crippen LogP contribution is -2.14. The summed E-state index contributed by atoms with van der Waals surface area (Å²) < 4.78 is 13.6. The zero-order valence-electron chi connectivity index (χ0n) is 18.8. The van der Waals surface area contributed by atoms with Crippen LogP contribution in [-0.4, -0.2) is 22.1 Å². The minimum atomic E-state index is -0.851. The lowest BCUT2D eigenvalue weighted by molar-refractivity contribution is -0.116. The molecule has 0 unspecified atom stereocenters. The number of halogens is 1. The van der Waals surface area contributed by atoms with E-state index in [0.29, 0.717) is 17.8 Å². The van der Waals surface area contributed by atoms with Crippen LogP contribution in [0, 0.1) is 18.9 Å². The molecule has 0 aliphatic heterocycles. The Labute approximate surface area is 176 Å². The molecule has 1 rings (SSSR count). The summed E-state index contributed by atoms with van der Waals surface area (Å²) in [6, 6.07) is 0. The zero-order chi connectivity index (χ0) is 21.5. The quantitative estimate of drug-likeness (QED) is 0.195. The van der Waals surface area contributed by atoms with Gasteiger partial charge in [-0.3, -0.25) is 9.79 Å². The lowest BCUT2D eigenvalue weighted by Gasteiger charge is -2.09. The first-order valence-electron chi connectivity index (χ1n) is 11.3. The number of hydrogen-bond donors (Lipinski definition) is 1. The third-order valence-corrected chi connectivity index (χ3v) is 4.80. The van der Waals surface area contributed by atoms with Crippen molar-refractivity contribution < 1.29 is 9.18 Å². The SMILES string of the molecule is CCCCCCCCCCCCCC(=O)Nc1nc(F)nc(C)c1N=CC(C)C. The number of aromatic nitrogens is 2. The highest BCUT2D eigenvalue weighted by Crippen LogP contribution is 2.26. The number of aryl methyl sites for hydroxylation is 1. The predicted molar refractivity (Wildman–Crippen MR) is 119 cm³/mol. The summed E-state index contributed by atoms with van der Waals surface area (Å²) in [6.45, 7) is 7.89. The Morgan fingerprint density at radius 1 is 1.00 bits per heavy atom. The van der Waals surface area contributed by atoms with Gasteiger partial charge in [-0.2, -0.15) is 9.37 Å². The minimum Gasteiger partial charge on any atom is -0.309 e. The number of carbonyl (C=O) groups excluding carboxylic acids is 1. The van der Waals surface area contributed by atoms with Crippen molar-refractivity contribution in [3.05, 3.63) is 11.8 Å². The van der Waals surface area contributed by atoms with Gasteiger partial charge in [-0.1, -0.05) is 85.0 Å². The van der Waals surface area contributed by atoms with E-state index in [1.807, 2.05) is 13.8 Å². The van der Waals surface area contributed by atoms with Gasteiger partial charge < -0.3 is 5.32 Å². The molecule has 1 amide bonds. The molecular weight excluding hydrogens is 367 g/mol. The van der Waals surface area contributed by atoms with Gasteiger partial charge in [0, 0.05) is 12.6 Å². The third-order valence-electron chi connectivity index (χ3n) is 4.80. The molecule has 6 heteroatoms. The van der Waals surface area contributed by atoms with Crippen LogP contribution in [0.2, 0.25) is 0 Å². The second-order valence-corrected chi connectivity index (χ2v) is 8.13. The third kappa shape index (κ3) is 11.7. The lowest BCUT2D eigenvalue weighted by atomic mass is 10.1. The largest absolute Gasteiger partial charge is 0.310 e. The van der Waals surface area contributed by atoms with Gasteiger partial charge in [0.15, 0.2) is 5.82 Å². The fraction of sp³-hybridized carbons (Fsp3) is 0.739. The predicted octanol–water partition coefficient (Wildman–Crippen LogP) is 6.92. The molecule has 1 heterocycles. The molecule has 0 aliphatic rings. The van der Waals surface area contributed by atoms with E-state index < -0.39 is 6.08 Å². The Morgan fingerprint density at radius 3 is 2.10 bits per heavy atom. The number of nitrogens with zero attached hydrogens (tertiary/aromatic N) is 3. The molecule has 0 aromatic carbocycles. The van der Waals surface area contributed by atoms with Gasteiger partial charge >= 0.3 is 6.08 Å². The van der Waals surface area contributed by atoms with Crippen molar-refractivity contribution in [3.63, 3.8) is 0 Å². The number of anilines is 1. The summed E-state index contributed by atoms with van der Waals surface area (Å²) in [7, 11) is 0. The maximum atomic E-state index is 13.6. The Kier molecular flexibility index (Phi) is 13.1. The normalized spacial score (nSPS) is 11.5. The van der Waals surface area contributed by atoms with Crippen LogP contribution in [0.4, 0.5) is 15.9 Å². The van der Waals surface area contributed by atoms with E-state index in [0.717, 1.165) is 19.3 Å². The molecule has 0 bridgehead atoms. The molecule has 0 aliphatic carbocycles. The van der Waals surface area contributed by atoms with Gasteiger partial charge in [0.05, 0.1) is 5.69 Å². The molecule has 0 spiro atoms. The Hall–Kier alpha value is -1.85. The van der Waals surface area contributed by atoms with E-state index in [2.05, 4.69) is 27.2 Å². The van der Waals surface area contributed by atoms with Crippen LogP contribution in [0.5, 0.6) is 0 Å². The van der Waals surface area contributed by atoms with Crippen molar-refractivity contribution in [1.29, 1.82) is 0 Å². The van der Waals surface area contributed by atoms with Crippen molar-refractivity contribution in [2.24, 2.45) is 10.9 Å². The number of aliphatic imine (C=N–C) groups is 1. The van der Waals surface area contributed by atoms with Crippen molar-refractivity contribution in [2.75, 3.05) is 5.32 Å². The maximum absolute atomic E-state index is 13.6. The second-order valence-electron chi connectivity index (χ2n) is 8.13. The van der Waals surface area contributed by atoms with Gasteiger partial charge in [0.25, 0.3) is 0 Å². The van der Waals surface area contributed by atoms with Gasteiger partial charge in [-0.05, 0) is 19.3 Å². The summed E-state index contributed by atoms with van der Waals surface area (Å²) in [4.78, 5) is 24.0. The van der Waals surface area contributed by atoms with E-state index in [4.69, 9.17) is 0 Å². The zero-order valence-corrected chi connectivity index (χ0v) is 18.8. The summed E-state index contributed by atoms with van der Waals surface area (Å²) in [6.07, 6.45) is 14.9. The van der Waals surface area contributed by atoms with Crippen LogP contribution in [0.15, 0.2) is 4.99 Å². The summed E-state index contributed by atoms with van der Waals surface area (Å²) >= 11 is 0. The van der Waals surface area contributed by atoms with E-state index in [-0.39, 0.29) is 17.6 Å². The van der Waals surface area contributed by atoms with E-state index >= 15 is 0 Å². The second kappa shape index (κ2) is 15.1. The topological polar surface area (TPSA) is 67.2 Å². The number of carbonyl (C=O) groups is 1. The maximum Gasteiger partial charge on any atom is 0.310 e. The van der Waals surface area contributed by atoms with E-state index in [1.165, 1.54) is 51.4 Å². The molecule has 0 saturated carbocycles. The highest BCUT2D eigenvalue weighted by molar-refractivity contribution is 5.93. The molecule has 0 atom stereocenters. The van der Waals surface area contributed by atoms with Gasteiger partial charge in [0.1, 0.15) is 5.69 Å². The first-order chi connectivity index (χ1) is 13.9. The highest BCUT2D eigenvalue weighted by Gasteiger charge is 2.13. The van der Waals surface area contributed by atoms with Crippen LogP contribution >= 0.6 is 0 Å². The molecule has 0 fully saturated rings. The van der Waals surface area contributed by atoms with Crippen LogP contribution in [0.25, 0.3) is 0 Å². The van der Waals surface area contributed by atoms with Crippen LogP contribution in [0.1, 0.15) is 104 Å². The minimum absolute atomic E-state index is 0.153. The molecule has 29 heavy (non-hydrogen) atoms. The first-order valence-corrected chi connectivity index (χ1v) is 11.3. The van der Waals surface area contributed by atoms with Crippen molar-refractivity contribution in [1.82, 2.24) is 9.97 Å². The molecule has 0 radical (unpaired) electrons. The monoisotopic (exact) mass is 406 g/mol. The van der Waals surface area contributed by atoms with E-state index in [9.17, 15) is 9.18 Å². The van der Waals surface area contributed by atoms with Crippen LogP contribution < -0.4 is 5.32 Å². The number of nitrogens with one attached hydrogen (secondary N) is 1. The number of rotatable bonds is 15. The molecule has 1 aromatic heterocycles. The van der Waals surface area contributed by atoms with Gasteiger partial charge in [-0.25, -0.2) is 4.98 Å². The van der Waals surface area contributed by atoms with Crippen molar-refractivity contribution >= 4 is 23.6 Å². The fourth-order valence-electron chi connectivity index (χ4n) is 3.14. The molecule has 5 nitrogen and oxygen atoms in total.